The number of aliphatic hydroxyl groups is 1. The summed E-state index contributed by atoms with van der Waals surface area (Å²) in [5, 5.41) is 21.3. The summed E-state index contributed by atoms with van der Waals surface area (Å²) in [6.45, 7) is 3.60. The lowest BCUT2D eigenvalue weighted by Gasteiger charge is -2.13. The third-order valence-corrected chi connectivity index (χ3v) is 3.16. The van der Waals surface area contributed by atoms with Gasteiger partial charge in [0.25, 0.3) is 0 Å². The molecule has 9 nitrogen and oxygen atoms in total. The van der Waals surface area contributed by atoms with Gasteiger partial charge in [0.15, 0.2) is 11.6 Å². The first kappa shape index (κ1) is 19.9. The fourth-order valence-electron chi connectivity index (χ4n) is 2.01. The van der Waals surface area contributed by atoms with Crippen LogP contribution in [0.2, 0.25) is 0 Å². The molecule has 2 aromatic rings. The SMILES string of the molecule is CCCNc1nc(NC)nc2c(NCCCO)nc(NC)nc12.Cl. The second-order valence-corrected chi connectivity index (χ2v) is 4.92. The van der Waals surface area contributed by atoms with E-state index >= 15 is 0 Å². The van der Waals surface area contributed by atoms with E-state index in [1.165, 1.54) is 0 Å². The maximum absolute atomic E-state index is 8.95. The van der Waals surface area contributed by atoms with Crippen molar-refractivity contribution < 1.29 is 5.11 Å². The molecule has 2 aromatic heterocycles. The highest BCUT2D eigenvalue weighted by Crippen LogP contribution is 2.26. The number of halogens is 1. The van der Waals surface area contributed by atoms with Crippen LogP contribution >= 0.6 is 12.4 Å². The summed E-state index contributed by atoms with van der Waals surface area (Å²) in [7, 11) is 3.53. The van der Waals surface area contributed by atoms with Crippen molar-refractivity contribution >= 4 is 47.0 Å². The van der Waals surface area contributed by atoms with Crippen LogP contribution in [-0.4, -0.2) is 58.8 Å². The molecule has 24 heavy (non-hydrogen) atoms. The zero-order chi connectivity index (χ0) is 16.7. The molecule has 0 bridgehead atoms. The first-order valence-electron chi connectivity index (χ1n) is 7.77. The van der Waals surface area contributed by atoms with Gasteiger partial charge >= 0.3 is 0 Å². The van der Waals surface area contributed by atoms with Crippen LogP contribution in [0.5, 0.6) is 0 Å². The van der Waals surface area contributed by atoms with E-state index in [0.29, 0.717) is 47.5 Å². The Morgan fingerprint density at radius 1 is 0.833 bits per heavy atom. The van der Waals surface area contributed by atoms with E-state index in [1.54, 1.807) is 14.1 Å². The van der Waals surface area contributed by atoms with Gasteiger partial charge in [-0.15, -0.1) is 12.4 Å². The minimum absolute atomic E-state index is 0. The van der Waals surface area contributed by atoms with Crippen LogP contribution in [0.4, 0.5) is 23.5 Å². The van der Waals surface area contributed by atoms with Crippen LogP contribution in [-0.2, 0) is 0 Å². The standard InChI is InChI=1S/C14H24N8O.ClH/c1-4-6-17-11-9-10(20-13(15-2)21-11)12(18-7-5-8-23)22-14(16-3)19-9;/h23H,4-8H2,1-3H3,(H2,15,17,20,21)(H2,16,18,19,22);1H. The molecule has 2 rings (SSSR count). The molecule has 0 atom stereocenters. The van der Waals surface area contributed by atoms with Gasteiger partial charge in [-0.05, 0) is 12.8 Å². The Hall–Kier alpha value is -2.13. The summed E-state index contributed by atoms with van der Waals surface area (Å²) >= 11 is 0. The molecule has 0 spiro atoms. The molecule has 0 radical (unpaired) electrons. The van der Waals surface area contributed by atoms with E-state index in [0.717, 1.165) is 13.0 Å². The molecule has 5 N–H and O–H groups in total. The molecule has 0 amide bonds. The van der Waals surface area contributed by atoms with Crippen molar-refractivity contribution in [1.29, 1.82) is 0 Å². The van der Waals surface area contributed by atoms with E-state index in [-0.39, 0.29) is 19.0 Å². The van der Waals surface area contributed by atoms with Gasteiger partial charge in [0, 0.05) is 33.8 Å². The van der Waals surface area contributed by atoms with Gasteiger partial charge < -0.3 is 26.4 Å². The lowest BCUT2D eigenvalue weighted by molar-refractivity contribution is 0.292. The summed E-state index contributed by atoms with van der Waals surface area (Å²) in [5.41, 5.74) is 1.29. The van der Waals surface area contributed by atoms with Gasteiger partial charge in [0.2, 0.25) is 11.9 Å². The van der Waals surface area contributed by atoms with Gasteiger partial charge in [-0.3, -0.25) is 0 Å². The number of rotatable bonds is 9. The summed E-state index contributed by atoms with van der Waals surface area (Å²) in [6.07, 6.45) is 1.61. The number of nitrogens with one attached hydrogen (secondary N) is 4. The Bertz CT molecular complexity index is 654. The van der Waals surface area contributed by atoms with Crippen molar-refractivity contribution in [1.82, 2.24) is 19.9 Å². The third kappa shape index (κ3) is 4.68. The van der Waals surface area contributed by atoms with E-state index < -0.39 is 0 Å². The van der Waals surface area contributed by atoms with Crippen molar-refractivity contribution in [3.8, 4) is 0 Å². The molecule has 134 valence electrons. The number of fused-ring (bicyclic) bond motifs is 1. The smallest absolute Gasteiger partial charge is 0.225 e. The van der Waals surface area contributed by atoms with E-state index in [1.807, 2.05) is 0 Å². The Labute approximate surface area is 147 Å². The molecule has 0 fully saturated rings. The van der Waals surface area contributed by atoms with E-state index in [9.17, 15) is 0 Å². The van der Waals surface area contributed by atoms with Crippen LogP contribution < -0.4 is 21.3 Å². The quantitative estimate of drug-likeness (QED) is 0.426. The zero-order valence-corrected chi connectivity index (χ0v) is 15.0. The molecule has 0 saturated heterocycles. The maximum Gasteiger partial charge on any atom is 0.225 e. The monoisotopic (exact) mass is 356 g/mol. The van der Waals surface area contributed by atoms with Crippen LogP contribution in [0.25, 0.3) is 11.0 Å². The van der Waals surface area contributed by atoms with Gasteiger partial charge in [0.1, 0.15) is 11.0 Å². The van der Waals surface area contributed by atoms with Crippen LogP contribution in [0.15, 0.2) is 0 Å². The maximum atomic E-state index is 8.95. The topological polar surface area (TPSA) is 120 Å². The zero-order valence-electron chi connectivity index (χ0n) is 14.2. The number of anilines is 4. The highest BCUT2D eigenvalue weighted by atomic mass is 35.5. The number of hydrogen-bond donors (Lipinski definition) is 5. The van der Waals surface area contributed by atoms with Gasteiger partial charge in [-0.1, -0.05) is 6.92 Å². The van der Waals surface area contributed by atoms with Gasteiger partial charge in [-0.2, -0.15) is 9.97 Å². The average Bonchev–Trinajstić information content (AvgIpc) is 2.59. The fraction of sp³-hybridized carbons (Fsp3) is 0.571. The Kier molecular flexibility index (Phi) is 8.20. The van der Waals surface area contributed by atoms with Gasteiger partial charge in [-0.25, -0.2) is 9.97 Å². The second-order valence-electron chi connectivity index (χ2n) is 4.92. The van der Waals surface area contributed by atoms with Crippen molar-refractivity contribution in [3.05, 3.63) is 0 Å². The molecular formula is C14H25ClN8O. The van der Waals surface area contributed by atoms with Crippen LogP contribution in [0, 0.1) is 0 Å². The Morgan fingerprint density at radius 2 is 1.33 bits per heavy atom. The minimum atomic E-state index is 0. The average molecular weight is 357 g/mol. The van der Waals surface area contributed by atoms with Crippen LogP contribution in [0.3, 0.4) is 0 Å². The minimum Gasteiger partial charge on any atom is -0.396 e. The summed E-state index contributed by atoms with van der Waals surface area (Å²) in [5.74, 6) is 2.28. The first-order chi connectivity index (χ1) is 11.2. The number of nitrogens with zero attached hydrogens (tertiary/aromatic N) is 4. The molecule has 0 aromatic carbocycles. The first-order valence-corrected chi connectivity index (χ1v) is 7.77. The molecule has 0 aliphatic rings. The van der Waals surface area contributed by atoms with Gasteiger partial charge in [0.05, 0.1) is 0 Å². The van der Waals surface area contributed by atoms with Crippen molar-refractivity contribution in [3.63, 3.8) is 0 Å². The second kappa shape index (κ2) is 9.89. The molecule has 2 heterocycles. The molecule has 10 heteroatoms. The normalized spacial score (nSPS) is 10.2. The summed E-state index contributed by atoms with van der Waals surface area (Å²) in [4.78, 5) is 17.8. The Balaban J connectivity index is 0.00000288. The van der Waals surface area contributed by atoms with Crippen molar-refractivity contribution in [2.24, 2.45) is 0 Å². The fourth-order valence-corrected chi connectivity index (χ4v) is 2.01. The number of aromatic nitrogens is 4. The largest absolute Gasteiger partial charge is 0.396 e. The highest BCUT2D eigenvalue weighted by Gasteiger charge is 2.15. The lowest BCUT2D eigenvalue weighted by atomic mass is 10.3. The summed E-state index contributed by atoms with van der Waals surface area (Å²) in [6, 6.07) is 0. The van der Waals surface area contributed by atoms with Crippen molar-refractivity contribution in [2.45, 2.75) is 19.8 Å². The molecular weight excluding hydrogens is 332 g/mol. The third-order valence-electron chi connectivity index (χ3n) is 3.16. The number of aliphatic hydroxyl groups excluding tert-OH is 1. The molecule has 0 aliphatic carbocycles. The molecule has 0 unspecified atom stereocenters. The predicted molar refractivity (Wildman–Crippen MR) is 100 cm³/mol. The lowest BCUT2D eigenvalue weighted by Crippen LogP contribution is -2.12. The predicted octanol–water partition coefficient (Wildman–Crippen LogP) is 1.54. The molecule has 0 saturated carbocycles. The highest BCUT2D eigenvalue weighted by molar-refractivity contribution is 5.94. The van der Waals surface area contributed by atoms with E-state index in [4.69, 9.17) is 5.11 Å². The van der Waals surface area contributed by atoms with Crippen LogP contribution in [0.1, 0.15) is 19.8 Å². The Morgan fingerprint density at radius 3 is 1.75 bits per heavy atom. The van der Waals surface area contributed by atoms with Crippen molar-refractivity contribution in [2.75, 3.05) is 55.1 Å². The van der Waals surface area contributed by atoms with E-state index in [2.05, 4.69) is 48.1 Å². The summed E-state index contributed by atoms with van der Waals surface area (Å²) < 4.78 is 0. The number of hydrogen-bond acceptors (Lipinski definition) is 9. The molecule has 0 aliphatic heterocycles.